The summed E-state index contributed by atoms with van der Waals surface area (Å²) >= 11 is 1.77. The summed E-state index contributed by atoms with van der Waals surface area (Å²) in [5.74, 6) is 0. The highest BCUT2D eigenvalue weighted by molar-refractivity contribution is 7.12. The summed E-state index contributed by atoms with van der Waals surface area (Å²) in [4.78, 5) is 5.97. The van der Waals surface area contributed by atoms with Crippen LogP contribution < -0.4 is 5.32 Å². The maximum Gasteiger partial charge on any atom is 0.107 e. The molecule has 0 aliphatic heterocycles. The lowest BCUT2D eigenvalue weighted by Crippen LogP contribution is -2.04. The van der Waals surface area contributed by atoms with E-state index in [-0.39, 0.29) is 0 Å². The molecular formula is C14H18N2S. The maximum atomic E-state index is 4.68. The number of hydrogen-bond donors (Lipinski definition) is 1. The minimum atomic E-state index is 0.846. The summed E-state index contributed by atoms with van der Waals surface area (Å²) in [7, 11) is 1.95. The zero-order valence-corrected chi connectivity index (χ0v) is 11.4. The molecule has 17 heavy (non-hydrogen) atoms. The first-order valence-electron chi connectivity index (χ1n) is 5.94. The predicted octanol–water partition coefficient (Wildman–Crippen LogP) is 3.40. The van der Waals surface area contributed by atoms with Crippen LogP contribution in [0.25, 0.3) is 11.3 Å². The molecule has 3 heteroatoms. The Hall–Kier alpha value is -1.19. The van der Waals surface area contributed by atoms with Crippen LogP contribution in [0.2, 0.25) is 0 Å². The standard InChI is InChI=1S/C14H18N2S/c1-4-11-5-7-12(8-6-11)14-10(2)17-13(16-14)9-15-3/h5-8,15H,4,9H2,1-3H3. The molecule has 0 bridgehead atoms. The van der Waals surface area contributed by atoms with Gasteiger partial charge in [-0.3, -0.25) is 0 Å². The van der Waals surface area contributed by atoms with E-state index in [1.54, 1.807) is 11.3 Å². The summed E-state index contributed by atoms with van der Waals surface area (Å²) in [5.41, 5.74) is 3.72. The number of benzene rings is 1. The summed E-state index contributed by atoms with van der Waals surface area (Å²) in [6.45, 7) is 5.16. The van der Waals surface area contributed by atoms with E-state index in [4.69, 9.17) is 0 Å². The highest BCUT2D eigenvalue weighted by Crippen LogP contribution is 2.27. The average molecular weight is 246 g/mol. The van der Waals surface area contributed by atoms with Crippen LogP contribution in [-0.2, 0) is 13.0 Å². The van der Waals surface area contributed by atoms with E-state index in [0.717, 1.165) is 23.7 Å². The Balaban J connectivity index is 2.31. The van der Waals surface area contributed by atoms with E-state index in [2.05, 4.69) is 48.4 Å². The van der Waals surface area contributed by atoms with Crippen molar-refractivity contribution in [2.24, 2.45) is 0 Å². The van der Waals surface area contributed by atoms with Crippen LogP contribution in [0.15, 0.2) is 24.3 Å². The van der Waals surface area contributed by atoms with Gasteiger partial charge in [-0.15, -0.1) is 11.3 Å². The topological polar surface area (TPSA) is 24.9 Å². The molecule has 2 nitrogen and oxygen atoms in total. The lowest BCUT2D eigenvalue weighted by atomic mass is 10.1. The number of rotatable bonds is 4. The van der Waals surface area contributed by atoms with Gasteiger partial charge in [-0.25, -0.2) is 4.98 Å². The van der Waals surface area contributed by atoms with Crippen molar-refractivity contribution in [1.82, 2.24) is 10.3 Å². The first kappa shape index (κ1) is 12.3. The first-order chi connectivity index (χ1) is 8.24. The lowest BCUT2D eigenvalue weighted by molar-refractivity contribution is 0.811. The molecule has 0 amide bonds. The van der Waals surface area contributed by atoms with Gasteiger partial charge in [-0.1, -0.05) is 31.2 Å². The Labute approximate surface area is 107 Å². The third-order valence-electron chi connectivity index (χ3n) is 2.80. The Kier molecular flexibility index (Phi) is 3.92. The first-order valence-corrected chi connectivity index (χ1v) is 6.76. The minimum absolute atomic E-state index is 0.846. The van der Waals surface area contributed by atoms with Gasteiger partial charge in [0.2, 0.25) is 0 Å². The summed E-state index contributed by atoms with van der Waals surface area (Å²) < 4.78 is 0. The van der Waals surface area contributed by atoms with Crippen LogP contribution in [-0.4, -0.2) is 12.0 Å². The molecule has 1 N–H and O–H groups in total. The third-order valence-corrected chi connectivity index (χ3v) is 3.78. The number of hydrogen-bond acceptors (Lipinski definition) is 3. The number of nitrogens with zero attached hydrogens (tertiary/aromatic N) is 1. The molecule has 0 saturated carbocycles. The molecular weight excluding hydrogens is 228 g/mol. The SMILES string of the molecule is CCc1ccc(-c2nc(CNC)sc2C)cc1. The Bertz CT molecular complexity index is 485. The van der Waals surface area contributed by atoms with Crippen LogP contribution in [0.5, 0.6) is 0 Å². The molecule has 0 aliphatic rings. The summed E-state index contributed by atoms with van der Waals surface area (Å²) in [6, 6.07) is 8.71. The minimum Gasteiger partial charge on any atom is -0.314 e. The maximum absolute atomic E-state index is 4.68. The van der Waals surface area contributed by atoms with Gasteiger partial charge in [-0.2, -0.15) is 0 Å². The van der Waals surface area contributed by atoms with E-state index >= 15 is 0 Å². The largest absolute Gasteiger partial charge is 0.314 e. The molecule has 0 radical (unpaired) electrons. The van der Waals surface area contributed by atoms with E-state index in [9.17, 15) is 0 Å². The fraction of sp³-hybridized carbons (Fsp3) is 0.357. The fourth-order valence-electron chi connectivity index (χ4n) is 1.84. The Morgan fingerprint density at radius 2 is 1.94 bits per heavy atom. The number of aryl methyl sites for hydroxylation is 2. The van der Waals surface area contributed by atoms with Crippen LogP contribution in [0.4, 0.5) is 0 Å². The Morgan fingerprint density at radius 1 is 1.24 bits per heavy atom. The highest BCUT2D eigenvalue weighted by atomic mass is 32.1. The second-order valence-corrected chi connectivity index (χ2v) is 5.38. The molecule has 1 heterocycles. The van der Waals surface area contributed by atoms with Gasteiger partial charge in [-0.05, 0) is 26.0 Å². The van der Waals surface area contributed by atoms with Crippen molar-refractivity contribution in [2.45, 2.75) is 26.8 Å². The van der Waals surface area contributed by atoms with Crippen molar-refractivity contribution in [2.75, 3.05) is 7.05 Å². The van der Waals surface area contributed by atoms with Gasteiger partial charge in [0, 0.05) is 17.0 Å². The van der Waals surface area contributed by atoms with Crippen molar-refractivity contribution in [3.63, 3.8) is 0 Å². The van der Waals surface area contributed by atoms with Crippen molar-refractivity contribution < 1.29 is 0 Å². The molecule has 0 fully saturated rings. The van der Waals surface area contributed by atoms with E-state index in [1.165, 1.54) is 16.0 Å². The number of nitrogens with one attached hydrogen (secondary N) is 1. The lowest BCUT2D eigenvalue weighted by Gasteiger charge is -2.00. The van der Waals surface area contributed by atoms with Gasteiger partial charge in [0.1, 0.15) is 5.01 Å². The molecule has 90 valence electrons. The molecule has 2 aromatic rings. The quantitative estimate of drug-likeness (QED) is 0.894. The zero-order valence-electron chi connectivity index (χ0n) is 10.6. The molecule has 1 aromatic heterocycles. The average Bonchev–Trinajstić information content (AvgIpc) is 2.71. The highest BCUT2D eigenvalue weighted by Gasteiger charge is 2.08. The molecule has 1 aromatic carbocycles. The van der Waals surface area contributed by atoms with E-state index in [1.807, 2.05) is 7.05 Å². The predicted molar refractivity (Wildman–Crippen MR) is 74.4 cm³/mol. The second-order valence-electron chi connectivity index (χ2n) is 4.09. The number of aromatic nitrogens is 1. The third kappa shape index (κ3) is 2.73. The molecule has 0 unspecified atom stereocenters. The molecule has 0 saturated heterocycles. The number of thiazole rings is 1. The smallest absolute Gasteiger partial charge is 0.107 e. The van der Waals surface area contributed by atoms with Gasteiger partial charge in [0.25, 0.3) is 0 Å². The molecule has 0 spiro atoms. The molecule has 0 atom stereocenters. The normalized spacial score (nSPS) is 10.8. The van der Waals surface area contributed by atoms with Gasteiger partial charge in [0.15, 0.2) is 0 Å². The van der Waals surface area contributed by atoms with E-state index in [0.29, 0.717) is 0 Å². The summed E-state index contributed by atoms with van der Waals surface area (Å²) in [6.07, 6.45) is 1.08. The summed E-state index contributed by atoms with van der Waals surface area (Å²) in [5, 5.41) is 4.29. The van der Waals surface area contributed by atoms with Crippen molar-refractivity contribution in [3.05, 3.63) is 39.7 Å². The fourth-order valence-corrected chi connectivity index (χ4v) is 2.81. The van der Waals surface area contributed by atoms with Crippen LogP contribution in [0, 0.1) is 6.92 Å². The van der Waals surface area contributed by atoms with Crippen molar-refractivity contribution in [1.29, 1.82) is 0 Å². The van der Waals surface area contributed by atoms with Gasteiger partial charge in [0.05, 0.1) is 5.69 Å². The monoisotopic (exact) mass is 246 g/mol. The van der Waals surface area contributed by atoms with E-state index < -0.39 is 0 Å². The Morgan fingerprint density at radius 3 is 2.53 bits per heavy atom. The van der Waals surface area contributed by atoms with Gasteiger partial charge >= 0.3 is 0 Å². The van der Waals surface area contributed by atoms with Crippen molar-refractivity contribution >= 4 is 11.3 Å². The van der Waals surface area contributed by atoms with Crippen molar-refractivity contribution in [3.8, 4) is 11.3 Å². The van der Waals surface area contributed by atoms with Gasteiger partial charge < -0.3 is 5.32 Å². The molecule has 2 rings (SSSR count). The second kappa shape index (κ2) is 5.43. The van der Waals surface area contributed by atoms with Crippen LogP contribution >= 0.6 is 11.3 Å². The van der Waals surface area contributed by atoms with Crippen LogP contribution in [0.1, 0.15) is 22.4 Å². The molecule has 0 aliphatic carbocycles. The van der Waals surface area contributed by atoms with Crippen LogP contribution in [0.3, 0.4) is 0 Å². The zero-order chi connectivity index (χ0) is 12.3.